The first-order chi connectivity index (χ1) is 10.7. The summed E-state index contributed by atoms with van der Waals surface area (Å²) in [4.78, 5) is 15.0. The fourth-order valence-corrected chi connectivity index (χ4v) is 2.27. The third kappa shape index (κ3) is 3.36. The van der Waals surface area contributed by atoms with E-state index < -0.39 is 5.97 Å². The molecule has 1 aromatic carbocycles. The predicted octanol–water partition coefficient (Wildman–Crippen LogP) is 3.32. The van der Waals surface area contributed by atoms with Crippen molar-refractivity contribution in [2.24, 2.45) is 0 Å². The van der Waals surface area contributed by atoms with Crippen LogP contribution in [-0.4, -0.2) is 22.2 Å². The zero-order valence-corrected chi connectivity index (χ0v) is 12.2. The van der Waals surface area contributed by atoms with Crippen molar-refractivity contribution in [1.82, 2.24) is 4.98 Å². The Morgan fingerprint density at radius 1 is 1.23 bits per heavy atom. The Balaban J connectivity index is 1.68. The molecule has 2 N–H and O–H groups in total. The molecule has 1 heterocycles. The molecule has 3 rings (SSSR count). The summed E-state index contributed by atoms with van der Waals surface area (Å²) in [6, 6.07) is 12.8. The summed E-state index contributed by atoms with van der Waals surface area (Å²) < 4.78 is 5.98. The van der Waals surface area contributed by atoms with Gasteiger partial charge in [-0.05, 0) is 37.5 Å². The van der Waals surface area contributed by atoms with Crippen LogP contribution in [0.3, 0.4) is 0 Å². The van der Waals surface area contributed by atoms with Crippen molar-refractivity contribution < 1.29 is 14.6 Å². The Bertz CT molecular complexity index is 668. The zero-order valence-electron chi connectivity index (χ0n) is 12.2. The monoisotopic (exact) mass is 298 g/mol. The number of carboxylic acids is 1. The minimum absolute atomic E-state index is 0.0315. The van der Waals surface area contributed by atoms with Crippen LogP contribution in [-0.2, 0) is 6.54 Å². The number of aromatic nitrogens is 1. The lowest BCUT2D eigenvalue weighted by molar-refractivity contribution is 0.0690. The highest BCUT2D eigenvalue weighted by Gasteiger charge is 2.20. The lowest BCUT2D eigenvalue weighted by atomic mass is 9.96. The second kappa shape index (κ2) is 6.47. The van der Waals surface area contributed by atoms with Gasteiger partial charge in [0, 0.05) is 12.1 Å². The number of nitrogens with zero attached hydrogens (tertiary/aromatic N) is 1. The molecule has 1 aromatic heterocycles. The molecule has 0 spiro atoms. The van der Waals surface area contributed by atoms with Crippen molar-refractivity contribution in [2.75, 3.05) is 5.32 Å². The number of pyridine rings is 1. The molecule has 2 aromatic rings. The maximum atomic E-state index is 10.9. The smallest absolute Gasteiger partial charge is 0.354 e. The first kappa shape index (κ1) is 14.4. The molecular formula is C17H18N2O3. The van der Waals surface area contributed by atoms with Gasteiger partial charge in [0.1, 0.15) is 11.6 Å². The van der Waals surface area contributed by atoms with Gasteiger partial charge in [0.05, 0.1) is 6.10 Å². The van der Waals surface area contributed by atoms with E-state index in [1.165, 1.54) is 12.5 Å². The van der Waals surface area contributed by atoms with Crippen LogP contribution in [0.25, 0.3) is 0 Å². The number of nitrogens with one attached hydrogen (secondary N) is 1. The number of aromatic carboxylic acids is 1. The Morgan fingerprint density at radius 2 is 2.05 bits per heavy atom. The maximum Gasteiger partial charge on any atom is 0.354 e. The fourth-order valence-electron chi connectivity index (χ4n) is 2.27. The van der Waals surface area contributed by atoms with Gasteiger partial charge < -0.3 is 15.2 Å². The number of hydrogen-bond donors (Lipinski definition) is 2. The van der Waals surface area contributed by atoms with Gasteiger partial charge in [-0.2, -0.15) is 0 Å². The number of benzene rings is 1. The topological polar surface area (TPSA) is 71.5 Å². The van der Waals surface area contributed by atoms with E-state index in [4.69, 9.17) is 9.84 Å². The number of rotatable bonds is 6. The van der Waals surface area contributed by atoms with Gasteiger partial charge in [0.25, 0.3) is 0 Å². The molecule has 0 atom stereocenters. The minimum atomic E-state index is -1.03. The molecule has 0 unspecified atom stereocenters. The van der Waals surface area contributed by atoms with Gasteiger partial charge in [-0.1, -0.05) is 24.3 Å². The normalized spacial score (nSPS) is 14.2. The van der Waals surface area contributed by atoms with Gasteiger partial charge >= 0.3 is 5.97 Å². The fraction of sp³-hybridized carbons (Fsp3) is 0.294. The SMILES string of the molecule is O=C(O)c1cccc(NCc2ccccc2OC2CCC2)n1. The number of para-hydroxylation sites is 1. The maximum absolute atomic E-state index is 10.9. The van der Waals surface area contributed by atoms with E-state index in [0.29, 0.717) is 18.5 Å². The van der Waals surface area contributed by atoms with Crippen molar-refractivity contribution in [3.63, 3.8) is 0 Å². The van der Waals surface area contributed by atoms with Gasteiger partial charge in [0.2, 0.25) is 0 Å². The standard InChI is InChI=1S/C17H18N2O3/c20-17(21)14-8-4-10-16(19-14)18-11-12-5-1-2-9-15(12)22-13-6-3-7-13/h1-2,4-5,8-10,13H,3,6-7,11H2,(H,18,19)(H,20,21). The Hall–Kier alpha value is -2.56. The van der Waals surface area contributed by atoms with Crippen molar-refractivity contribution in [3.05, 3.63) is 53.7 Å². The molecule has 1 aliphatic carbocycles. The molecular weight excluding hydrogens is 280 g/mol. The minimum Gasteiger partial charge on any atom is -0.490 e. The summed E-state index contributed by atoms with van der Waals surface area (Å²) in [5.41, 5.74) is 1.07. The van der Waals surface area contributed by atoms with E-state index in [9.17, 15) is 4.79 Å². The van der Waals surface area contributed by atoms with Gasteiger partial charge in [0.15, 0.2) is 5.69 Å². The van der Waals surface area contributed by atoms with Crippen LogP contribution in [0.4, 0.5) is 5.82 Å². The van der Waals surface area contributed by atoms with E-state index in [2.05, 4.69) is 10.3 Å². The zero-order chi connectivity index (χ0) is 15.4. The summed E-state index contributed by atoms with van der Waals surface area (Å²) in [5, 5.41) is 12.1. The summed E-state index contributed by atoms with van der Waals surface area (Å²) in [5.74, 6) is 0.393. The Morgan fingerprint density at radius 3 is 2.77 bits per heavy atom. The van der Waals surface area contributed by atoms with Crippen LogP contribution in [0.5, 0.6) is 5.75 Å². The van der Waals surface area contributed by atoms with Crippen LogP contribution in [0, 0.1) is 0 Å². The lowest BCUT2D eigenvalue weighted by Crippen LogP contribution is -2.25. The highest BCUT2D eigenvalue weighted by atomic mass is 16.5. The average molecular weight is 298 g/mol. The average Bonchev–Trinajstić information content (AvgIpc) is 2.50. The Labute approximate surface area is 129 Å². The third-order valence-corrected chi connectivity index (χ3v) is 3.75. The van der Waals surface area contributed by atoms with Gasteiger partial charge in [-0.3, -0.25) is 0 Å². The number of carbonyl (C=O) groups is 1. The van der Waals surface area contributed by atoms with E-state index in [1.807, 2.05) is 24.3 Å². The summed E-state index contributed by atoms with van der Waals surface area (Å²) in [6.45, 7) is 0.541. The molecule has 0 aliphatic heterocycles. The summed E-state index contributed by atoms with van der Waals surface area (Å²) >= 11 is 0. The van der Waals surface area contributed by atoms with Crippen molar-refractivity contribution in [3.8, 4) is 5.75 Å². The lowest BCUT2D eigenvalue weighted by Gasteiger charge is -2.27. The van der Waals surface area contributed by atoms with Crippen LogP contribution in [0.1, 0.15) is 35.3 Å². The molecule has 0 amide bonds. The first-order valence-corrected chi connectivity index (χ1v) is 7.41. The molecule has 0 radical (unpaired) electrons. The quantitative estimate of drug-likeness (QED) is 0.856. The third-order valence-electron chi connectivity index (χ3n) is 3.75. The van der Waals surface area contributed by atoms with Gasteiger partial charge in [-0.15, -0.1) is 0 Å². The Kier molecular flexibility index (Phi) is 4.23. The molecule has 0 saturated heterocycles. The summed E-state index contributed by atoms with van der Waals surface area (Å²) in [6.07, 6.45) is 3.79. The molecule has 114 valence electrons. The molecule has 5 heteroatoms. The number of carboxylic acid groups (broad SMARTS) is 1. The number of ether oxygens (including phenoxy) is 1. The van der Waals surface area contributed by atoms with Gasteiger partial charge in [-0.25, -0.2) is 9.78 Å². The predicted molar refractivity (Wildman–Crippen MR) is 83.2 cm³/mol. The molecule has 1 fully saturated rings. The highest BCUT2D eigenvalue weighted by Crippen LogP contribution is 2.27. The highest BCUT2D eigenvalue weighted by molar-refractivity contribution is 5.85. The van der Waals surface area contributed by atoms with E-state index in [1.54, 1.807) is 12.1 Å². The number of hydrogen-bond acceptors (Lipinski definition) is 4. The summed E-state index contributed by atoms with van der Waals surface area (Å²) in [7, 11) is 0. The van der Waals surface area contributed by atoms with E-state index in [-0.39, 0.29) is 5.69 Å². The molecule has 22 heavy (non-hydrogen) atoms. The van der Waals surface area contributed by atoms with Crippen LogP contribution in [0.15, 0.2) is 42.5 Å². The van der Waals surface area contributed by atoms with Crippen molar-refractivity contribution in [1.29, 1.82) is 0 Å². The van der Waals surface area contributed by atoms with Crippen LogP contribution >= 0.6 is 0 Å². The number of anilines is 1. The molecule has 0 bridgehead atoms. The van der Waals surface area contributed by atoms with Crippen molar-refractivity contribution in [2.45, 2.75) is 31.9 Å². The second-order valence-electron chi connectivity index (χ2n) is 5.35. The molecule has 1 saturated carbocycles. The molecule has 1 aliphatic rings. The largest absolute Gasteiger partial charge is 0.490 e. The van der Waals surface area contributed by atoms with Crippen molar-refractivity contribution >= 4 is 11.8 Å². The first-order valence-electron chi connectivity index (χ1n) is 7.41. The molecule has 5 nitrogen and oxygen atoms in total. The van der Waals surface area contributed by atoms with Crippen LogP contribution < -0.4 is 10.1 Å². The van der Waals surface area contributed by atoms with E-state index >= 15 is 0 Å². The van der Waals surface area contributed by atoms with Crippen LogP contribution in [0.2, 0.25) is 0 Å². The second-order valence-corrected chi connectivity index (χ2v) is 5.35. The van der Waals surface area contributed by atoms with E-state index in [0.717, 1.165) is 24.2 Å².